The SMILES string of the molecule is CCCCNS(=O)(=O)c1cc(C(C)(C)C)cc2c1[nH]c1c(S(=O)(=O)NCCCC)cc(C(C)(C)C)cc12. The summed E-state index contributed by atoms with van der Waals surface area (Å²) in [6, 6.07) is 7.41. The van der Waals surface area contributed by atoms with Gasteiger partial charge in [0, 0.05) is 23.9 Å². The predicted molar refractivity (Wildman–Crippen MR) is 153 cm³/mol. The first-order valence-corrected chi connectivity index (χ1v) is 16.1. The summed E-state index contributed by atoms with van der Waals surface area (Å²) in [7, 11) is -7.68. The van der Waals surface area contributed by atoms with Crippen LogP contribution in [0, 0.1) is 0 Å². The zero-order valence-electron chi connectivity index (χ0n) is 23.5. The number of aromatic nitrogens is 1. The van der Waals surface area contributed by atoms with Gasteiger partial charge in [0.1, 0.15) is 9.79 Å². The summed E-state index contributed by atoms with van der Waals surface area (Å²) in [5.41, 5.74) is 1.94. The van der Waals surface area contributed by atoms with Gasteiger partial charge in [-0.3, -0.25) is 0 Å². The van der Waals surface area contributed by atoms with Gasteiger partial charge in [-0.15, -0.1) is 0 Å². The Kier molecular flexibility index (Phi) is 8.54. The van der Waals surface area contributed by atoms with E-state index in [1.165, 1.54) is 0 Å². The van der Waals surface area contributed by atoms with Crippen LogP contribution in [0.1, 0.15) is 92.2 Å². The van der Waals surface area contributed by atoms with Gasteiger partial charge >= 0.3 is 0 Å². The van der Waals surface area contributed by atoms with Crippen LogP contribution < -0.4 is 9.44 Å². The van der Waals surface area contributed by atoms with E-state index in [1.54, 1.807) is 12.1 Å². The Morgan fingerprint density at radius 2 is 1.00 bits per heavy atom. The highest BCUT2D eigenvalue weighted by Gasteiger charge is 2.28. The monoisotopic (exact) mass is 549 g/mol. The van der Waals surface area contributed by atoms with E-state index in [9.17, 15) is 16.8 Å². The molecule has 2 aromatic carbocycles. The lowest BCUT2D eigenvalue weighted by atomic mass is 9.85. The summed E-state index contributed by atoms with van der Waals surface area (Å²) in [4.78, 5) is 3.51. The van der Waals surface area contributed by atoms with Crippen molar-refractivity contribution in [2.75, 3.05) is 13.1 Å². The van der Waals surface area contributed by atoms with E-state index in [4.69, 9.17) is 0 Å². The Hall–Kier alpha value is -1.94. The van der Waals surface area contributed by atoms with Crippen molar-refractivity contribution in [3.8, 4) is 0 Å². The third kappa shape index (κ3) is 6.38. The Bertz CT molecular complexity index is 1380. The van der Waals surface area contributed by atoms with Crippen molar-refractivity contribution in [2.24, 2.45) is 0 Å². The van der Waals surface area contributed by atoms with E-state index in [-0.39, 0.29) is 20.6 Å². The molecule has 0 unspecified atom stereocenters. The number of hydrogen-bond acceptors (Lipinski definition) is 4. The van der Waals surface area contributed by atoms with Crippen LogP contribution in [0.5, 0.6) is 0 Å². The predicted octanol–water partition coefficient (Wildman–Crippen LogP) is 6.07. The molecule has 0 fully saturated rings. The fraction of sp³-hybridized carbons (Fsp3) is 0.571. The van der Waals surface area contributed by atoms with Crippen molar-refractivity contribution in [3.63, 3.8) is 0 Å². The number of aromatic amines is 1. The van der Waals surface area contributed by atoms with Gasteiger partial charge in [0.15, 0.2) is 0 Å². The van der Waals surface area contributed by atoms with Gasteiger partial charge in [-0.25, -0.2) is 26.3 Å². The van der Waals surface area contributed by atoms with Gasteiger partial charge in [0.05, 0.1) is 11.0 Å². The Morgan fingerprint density at radius 1 is 0.649 bits per heavy atom. The van der Waals surface area contributed by atoms with E-state index in [0.29, 0.717) is 34.9 Å². The zero-order valence-corrected chi connectivity index (χ0v) is 25.1. The number of sulfonamides is 2. The van der Waals surface area contributed by atoms with E-state index < -0.39 is 20.0 Å². The van der Waals surface area contributed by atoms with Crippen LogP contribution >= 0.6 is 0 Å². The average molecular weight is 550 g/mol. The topological polar surface area (TPSA) is 108 Å². The largest absolute Gasteiger partial charge is 0.352 e. The van der Waals surface area contributed by atoms with Crippen molar-refractivity contribution < 1.29 is 16.8 Å². The molecule has 3 N–H and O–H groups in total. The molecule has 206 valence electrons. The first-order valence-electron chi connectivity index (χ1n) is 13.2. The van der Waals surface area contributed by atoms with Crippen LogP contribution in [0.25, 0.3) is 21.8 Å². The maximum Gasteiger partial charge on any atom is 0.242 e. The third-order valence-electron chi connectivity index (χ3n) is 6.70. The first kappa shape index (κ1) is 29.6. The standard InChI is InChI=1S/C28H43N3O4S2/c1-9-11-13-29-36(32,33)23-17-19(27(3,4)5)15-21-22-16-20(28(6,7)8)18-24(26(22)31-25(21)23)37(34,35)30-14-12-10-2/h15-18,29-31H,9-14H2,1-8H3. The molecule has 0 amide bonds. The number of hydrogen-bond donors (Lipinski definition) is 3. The number of H-pyrrole nitrogens is 1. The Labute approximate surface area is 222 Å². The minimum Gasteiger partial charge on any atom is -0.352 e. The zero-order chi connectivity index (χ0) is 27.8. The molecule has 0 aliphatic heterocycles. The molecular weight excluding hydrogens is 506 g/mol. The minimum atomic E-state index is -3.84. The number of fused-ring (bicyclic) bond motifs is 3. The second-order valence-corrected chi connectivity index (χ2v) is 15.4. The molecule has 7 nitrogen and oxygen atoms in total. The average Bonchev–Trinajstić information content (AvgIpc) is 3.15. The molecule has 0 atom stereocenters. The summed E-state index contributed by atoms with van der Waals surface area (Å²) < 4.78 is 59.4. The molecule has 0 aliphatic rings. The van der Waals surface area contributed by atoms with E-state index >= 15 is 0 Å². The molecule has 1 heterocycles. The number of rotatable bonds is 10. The molecule has 37 heavy (non-hydrogen) atoms. The number of benzene rings is 2. The van der Waals surface area contributed by atoms with Crippen LogP contribution in [0.3, 0.4) is 0 Å². The summed E-state index contributed by atoms with van der Waals surface area (Å²) in [5, 5.41) is 1.41. The molecule has 3 rings (SSSR count). The number of unbranched alkanes of at least 4 members (excludes halogenated alkanes) is 2. The van der Waals surface area contributed by atoms with Crippen molar-refractivity contribution >= 4 is 41.9 Å². The molecule has 9 heteroatoms. The van der Waals surface area contributed by atoms with Crippen LogP contribution in [0.4, 0.5) is 0 Å². The third-order valence-corrected chi connectivity index (χ3v) is 9.67. The summed E-state index contributed by atoms with van der Waals surface area (Å²) in [6.45, 7) is 16.9. The van der Waals surface area contributed by atoms with Crippen LogP contribution in [-0.2, 0) is 30.9 Å². The normalized spacial score (nSPS) is 13.6. The fourth-order valence-corrected chi connectivity index (χ4v) is 6.81. The lowest BCUT2D eigenvalue weighted by molar-refractivity contribution is 0.573. The molecule has 0 saturated heterocycles. The second kappa shape index (κ2) is 10.7. The van der Waals surface area contributed by atoms with E-state index in [2.05, 4.69) is 14.4 Å². The molecule has 0 spiro atoms. The van der Waals surface area contributed by atoms with Crippen LogP contribution in [-0.4, -0.2) is 34.9 Å². The van der Waals surface area contributed by atoms with Gasteiger partial charge in [0.25, 0.3) is 0 Å². The maximum atomic E-state index is 13.5. The Morgan fingerprint density at radius 3 is 1.30 bits per heavy atom. The lowest BCUT2D eigenvalue weighted by Crippen LogP contribution is -2.26. The van der Waals surface area contributed by atoms with E-state index in [1.807, 2.05) is 67.5 Å². The van der Waals surface area contributed by atoms with Gasteiger partial charge < -0.3 is 4.98 Å². The van der Waals surface area contributed by atoms with Crippen molar-refractivity contribution in [2.45, 2.75) is 102 Å². The fourth-order valence-electron chi connectivity index (χ4n) is 4.25. The molecule has 3 aromatic rings. The van der Waals surface area contributed by atoms with Crippen molar-refractivity contribution in [1.82, 2.24) is 14.4 Å². The second-order valence-electron chi connectivity index (χ2n) is 11.9. The summed E-state index contributed by atoms with van der Waals surface area (Å²) >= 11 is 0. The molecule has 1 aromatic heterocycles. The van der Waals surface area contributed by atoms with Crippen LogP contribution in [0.2, 0.25) is 0 Å². The van der Waals surface area contributed by atoms with Crippen molar-refractivity contribution in [1.29, 1.82) is 0 Å². The highest BCUT2D eigenvalue weighted by atomic mass is 32.2. The molecule has 0 aliphatic carbocycles. The summed E-state index contributed by atoms with van der Waals surface area (Å²) in [5.74, 6) is 0. The molecule has 0 bridgehead atoms. The maximum absolute atomic E-state index is 13.5. The molecule has 0 saturated carbocycles. The van der Waals surface area contributed by atoms with Crippen molar-refractivity contribution in [3.05, 3.63) is 35.4 Å². The molecular formula is C28H43N3O4S2. The smallest absolute Gasteiger partial charge is 0.242 e. The number of nitrogens with one attached hydrogen (secondary N) is 3. The quantitative estimate of drug-likeness (QED) is 0.267. The lowest BCUT2D eigenvalue weighted by Gasteiger charge is -2.21. The van der Waals surface area contributed by atoms with Gasteiger partial charge in [-0.05, 0) is 59.1 Å². The van der Waals surface area contributed by atoms with Gasteiger partial charge in [-0.1, -0.05) is 68.2 Å². The van der Waals surface area contributed by atoms with Crippen LogP contribution in [0.15, 0.2) is 34.1 Å². The van der Waals surface area contributed by atoms with Gasteiger partial charge in [-0.2, -0.15) is 0 Å². The minimum absolute atomic E-state index is 0.141. The van der Waals surface area contributed by atoms with E-state index in [0.717, 1.165) is 36.8 Å². The van der Waals surface area contributed by atoms with Gasteiger partial charge in [0.2, 0.25) is 20.0 Å². The summed E-state index contributed by atoms with van der Waals surface area (Å²) in [6.07, 6.45) is 3.20. The highest BCUT2D eigenvalue weighted by molar-refractivity contribution is 7.90. The molecule has 0 radical (unpaired) electrons. The first-order chi connectivity index (χ1) is 17.0. The Balaban J connectivity index is 2.45. The highest BCUT2D eigenvalue weighted by Crippen LogP contribution is 2.39.